The first-order chi connectivity index (χ1) is 26.4. The van der Waals surface area contributed by atoms with E-state index in [1.54, 1.807) is 23.3 Å². The predicted octanol–water partition coefficient (Wildman–Crippen LogP) is 16.3. The van der Waals surface area contributed by atoms with Crippen molar-refractivity contribution < 1.29 is 32.2 Å². The first-order valence-corrected chi connectivity index (χ1v) is 25.8. The van der Waals surface area contributed by atoms with Gasteiger partial charge in [-0.3, -0.25) is 0 Å². The monoisotopic (exact) mass is 902 g/mol. The fourth-order valence-corrected chi connectivity index (χ4v) is 7.77. The maximum atomic E-state index is 5.86. The zero-order valence-corrected chi connectivity index (χ0v) is 41.8. The maximum absolute atomic E-state index is 5.86. The second-order valence-corrected chi connectivity index (χ2v) is 25.5. The Balaban J connectivity index is 0.000000228. The molecule has 0 aliphatic carbocycles. The molecule has 2 aromatic heterocycles. The van der Waals surface area contributed by atoms with E-state index < -0.39 is 0 Å². The van der Waals surface area contributed by atoms with Crippen molar-refractivity contribution >= 4 is 51.8 Å². The SMILES string of the molecule is C[Si](C)=[Zr+2].Cc1ccc(-c2cc3c(-c4cc(C)c(C)c(C)c4)c(C)c(C)cc3[cH-]2)o1.Cc1ccc(-c2cc3c(-c4cc(C)c(C)c(C)c4)c(C)c(C)cc3[cH-]2)o1.Cl.Cl. The summed E-state index contributed by atoms with van der Waals surface area (Å²) in [6, 6.07) is 31.1. The molecule has 6 heteroatoms. The summed E-state index contributed by atoms with van der Waals surface area (Å²) < 4.78 is 11.7. The molecule has 2 nitrogen and oxygen atoms in total. The predicted molar refractivity (Wildman–Crippen MR) is 254 cm³/mol. The van der Waals surface area contributed by atoms with Crippen LogP contribution in [0.1, 0.15) is 67.2 Å². The van der Waals surface area contributed by atoms with Crippen molar-refractivity contribution in [2.45, 2.75) is 96.2 Å². The molecule has 0 atom stereocenters. The molecule has 0 saturated carbocycles. The van der Waals surface area contributed by atoms with Crippen LogP contribution >= 0.6 is 24.8 Å². The van der Waals surface area contributed by atoms with Gasteiger partial charge in [0, 0.05) is 0 Å². The molecule has 0 aliphatic heterocycles. The first-order valence-electron chi connectivity index (χ1n) is 19.7. The molecule has 8 aromatic rings. The van der Waals surface area contributed by atoms with E-state index in [9.17, 15) is 0 Å². The van der Waals surface area contributed by atoms with Crippen LogP contribution in [0.5, 0.6) is 0 Å². The van der Waals surface area contributed by atoms with Gasteiger partial charge in [0.2, 0.25) is 0 Å². The molecule has 0 saturated heterocycles. The standard InChI is InChI=1S/2C25H25O.C2H6Si.2ClH.Zr/c2*1-14-10-22(11-15(2)18(14)5)25-19(6)16(3)9-20-12-21(13-23(20)25)24-8-7-17(4)26-24;1-3-2;;;/h2*7-13H,1-6H3;1-2H3;2*1H;/q2*-1;;;;+2. The van der Waals surface area contributed by atoms with Crippen LogP contribution in [0.15, 0.2) is 93.8 Å². The molecule has 6 aromatic carbocycles. The molecule has 0 unspecified atom stereocenters. The van der Waals surface area contributed by atoms with Gasteiger partial charge in [-0.2, -0.15) is 0 Å². The smallest absolute Gasteiger partial charge is 0.0896 e. The molecule has 0 bridgehead atoms. The van der Waals surface area contributed by atoms with Gasteiger partial charge >= 0.3 is 41.9 Å². The van der Waals surface area contributed by atoms with Crippen LogP contribution in [0.25, 0.3) is 66.4 Å². The summed E-state index contributed by atoms with van der Waals surface area (Å²) in [4.78, 5) is 0. The Kier molecular flexibility index (Phi) is 15.5. The van der Waals surface area contributed by atoms with Gasteiger partial charge in [-0.1, -0.05) is 57.6 Å². The van der Waals surface area contributed by atoms with Gasteiger partial charge < -0.3 is 8.83 Å². The third-order valence-corrected chi connectivity index (χ3v) is 11.5. The van der Waals surface area contributed by atoms with E-state index in [2.05, 4.69) is 155 Å². The number of rotatable bonds is 4. The number of halogens is 2. The van der Waals surface area contributed by atoms with Crippen LogP contribution in [0, 0.1) is 83.1 Å². The Labute approximate surface area is 374 Å². The fraction of sp³-hybridized carbons (Fsp3) is 0.269. The van der Waals surface area contributed by atoms with E-state index in [4.69, 9.17) is 8.83 Å². The molecular formula is C52H58Cl2O2SiZr. The number of hydrogen-bond acceptors (Lipinski definition) is 2. The minimum Gasteiger partial charge on any atom is -0.496 e. The molecule has 0 fully saturated rings. The fourth-order valence-electron chi connectivity index (χ4n) is 7.77. The molecule has 0 spiro atoms. The van der Waals surface area contributed by atoms with Gasteiger partial charge in [0.05, 0.1) is 23.0 Å². The molecule has 0 aliphatic rings. The molecule has 2 heterocycles. The van der Waals surface area contributed by atoms with E-state index in [0.717, 1.165) is 34.2 Å². The second-order valence-electron chi connectivity index (χ2n) is 16.2. The van der Waals surface area contributed by atoms with E-state index >= 15 is 0 Å². The van der Waals surface area contributed by atoms with Crippen molar-refractivity contribution in [1.82, 2.24) is 0 Å². The van der Waals surface area contributed by atoms with Gasteiger partial charge in [0.25, 0.3) is 0 Å². The van der Waals surface area contributed by atoms with Crippen LogP contribution in [0.4, 0.5) is 0 Å². The molecule has 58 heavy (non-hydrogen) atoms. The Morgan fingerprint density at radius 1 is 0.431 bits per heavy atom. The first kappa shape index (κ1) is 47.0. The van der Waals surface area contributed by atoms with Crippen LogP contribution in [0.2, 0.25) is 13.1 Å². The van der Waals surface area contributed by atoms with Gasteiger partial charge in [-0.05, 0) is 163 Å². The summed E-state index contributed by atoms with van der Waals surface area (Å²) in [5, 5.41) is 5.17. The minimum absolute atomic E-state index is 0. The van der Waals surface area contributed by atoms with Crippen molar-refractivity contribution in [3.8, 4) is 44.9 Å². The Bertz CT molecular complexity index is 2530. The zero-order valence-electron chi connectivity index (χ0n) is 36.7. The second kappa shape index (κ2) is 19.2. The maximum Gasteiger partial charge on any atom is 0.0896 e. The van der Waals surface area contributed by atoms with Crippen LogP contribution in [-0.4, -0.2) is 5.43 Å². The van der Waals surface area contributed by atoms with Crippen LogP contribution in [-0.2, 0) is 23.3 Å². The van der Waals surface area contributed by atoms with Gasteiger partial charge in [0.1, 0.15) is 0 Å². The summed E-state index contributed by atoms with van der Waals surface area (Å²) in [5.41, 5.74) is 21.4. The average molecular weight is 905 g/mol. The zero-order chi connectivity index (χ0) is 40.7. The van der Waals surface area contributed by atoms with Crippen molar-refractivity contribution in [2.24, 2.45) is 0 Å². The Morgan fingerprint density at radius 3 is 1.00 bits per heavy atom. The van der Waals surface area contributed by atoms with Crippen molar-refractivity contribution in [1.29, 1.82) is 0 Å². The number of furan rings is 2. The summed E-state index contributed by atoms with van der Waals surface area (Å²) in [5.74, 6) is 3.78. The summed E-state index contributed by atoms with van der Waals surface area (Å²) >= 11 is 1.74. The molecule has 0 radical (unpaired) electrons. The third-order valence-electron chi connectivity index (χ3n) is 11.5. The number of aryl methyl sites for hydroxylation is 8. The van der Waals surface area contributed by atoms with E-state index in [-0.39, 0.29) is 30.2 Å². The van der Waals surface area contributed by atoms with Crippen LogP contribution in [0.3, 0.4) is 0 Å². The van der Waals surface area contributed by atoms with Gasteiger partial charge in [0.15, 0.2) is 0 Å². The molecule has 8 rings (SSSR count). The Morgan fingerprint density at radius 2 is 0.724 bits per heavy atom. The number of benzene rings is 4. The third kappa shape index (κ3) is 9.85. The molecule has 300 valence electrons. The van der Waals surface area contributed by atoms with Crippen molar-refractivity contribution in [3.05, 3.63) is 152 Å². The summed E-state index contributed by atoms with van der Waals surface area (Å²) in [6.07, 6.45) is 0. The van der Waals surface area contributed by atoms with Gasteiger partial charge in [-0.15, -0.1) is 82.8 Å². The topological polar surface area (TPSA) is 26.3 Å². The molecule has 0 N–H and O–H groups in total. The van der Waals surface area contributed by atoms with Crippen molar-refractivity contribution in [3.63, 3.8) is 0 Å². The molecule has 0 amide bonds. The van der Waals surface area contributed by atoms with E-state index in [1.807, 2.05) is 26.0 Å². The minimum atomic E-state index is 0. The quantitative estimate of drug-likeness (QED) is 0.130. The van der Waals surface area contributed by atoms with Crippen LogP contribution < -0.4 is 0 Å². The van der Waals surface area contributed by atoms with E-state index in [0.29, 0.717) is 0 Å². The van der Waals surface area contributed by atoms with E-state index in [1.165, 1.54) is 99.4 Å². The summed E-state index contributed by atoms with van der Waals surface area (Å²) in [7, 11) is 0. The average Bonchev–Trinajstić information content (AvgIpc) is 3.94. The van der Waals surface area contributed by atoms with Gasteiger partial charge in [-0.25, -0.2) is 0 Å². The Hall–Kier alpha value is -3.66. The normalized spacial score (nSPS) is 10.8. The molecular weight excluding hydrogens is 847 g/mol. The van der Waals surface area contributed by atoms with Crippen molar-refractivity contribution in [2.75, 3.05) is 0 Å². The number of fused-ring (bicyclic) bond motifs is 2. The largest absolute Gasteiger partial charge is 0.496 e. The number of hydrogen-bond donors (Lipinski definition) is 0. The summed E-state index contributed by atoms with van der Waals surface area (Å²) in [6.45, 7) is 30.7.